The molecule has 0 aliphatic rings. The summed E-state index contributed by atoms with van der Waals surface area (Å²) in [6.07, 6.45) is -9.40. The van der Waals surface area contributed by atoms with E-state index in [0.717, 1.165) is 0 Å². The predicted octanol–water partition coefficient (Wildman–Crippen LogP) is 3.05. The summed E-state index contributed by atoms with van der Waals surface area (Å²) in [5, 5.41) is 0. The predicted molar refractivity (Wildman–Crippen MR) is 30.8 cm³/mol. The van der Waals surface area contributed by atoms with Gasteiger partial charge in [0.25, 0.3) is 0 Å². The van der Waals surface area contributed by atoms with E-state index in [1.165, 1.54) is 0 Å². The Balaban J connectivity index is 3.19. The zero-order valence-electron chi connectivity index (χ0n) is 5.92. The van der Waals surface area contributed by atoms with Gasteiger partial charge in [0, 0.05) is 12.4 Å². The van der Waals surface area contributed by atoms with Gasteiger partial charge >= 0.3 is 12.4 Å². The summed E-state index contributed by atoms with van der Waals surface area (Å²) in [5.74, 6) is 0. The second kappa shape index (κ2) is 2.68. The van der Waals surface area contributed by atoms with Gasteiger partial charge in [-0.2, -0.15) is 26.3 Å². The van der Waals surface area contributed by atoms with Crippen molar-refractivity contribution < 1.29 is 26.3 Å². The molecule has 1 aromatic rings. The largest absolute Gasteiger partial charge is 0.418 e. The first-order chi connectivity index (χ1) is 5.73. The first kappa shape index (κ1) is 9.94. The number of rotatable bonds is 0. The summed E-state index contributed by atoms with van der Waals surface area (Å²) in [5.41, 5.74) is -3.39. The first-order valence-electron chi connectivity index (χ1n) is 3.04. The molecule has 0 fully saturated rings. The third-order valence-electron chi connectivity index (χ3n) is 1.36. The summed E-state index contributed by atoms with van der Waals surface area (Å²) in [7, 11) is 0. The van der Waals surface area contributed by atoms with Crippen molar-refractivity contribution in [1.82, 2.24) is 4.98 Å². The van der Waals surface area contributed by atoms with E-state index in [9.17, 15) is 26.3 Å². The van der Waals surface area contributed by atoms with Crippen LogP contribution in [0, 0.1) is 0 Å². The average Bonchev–Trinajstić information content (AvgIpc) is 2.27. The minimum Gasteiger partial charge on any atom is -0.366 e. The normalized spacial score (nSPS) is 13.4. The van der Waals surface area contributed by atoms with Crippen LogP contribution in [0.25, 0.3) is 0 Å². The molecule has 0 aliphatic carbocycles. The lowest BCUT2D eigenvalue weighted by Crippen LogP contribution is -2.13. The van der Waals surface area contributed by atoms with E-state index in [0.29, 0.717) is 0 Å². The molecule has 13 heavy (non-hydrogen) atoms. The van der Waals surface area contributed by atoms with E-state index < -0.39 is 23.5 Å². The number of halogens is 6. The van der Waals surface area contributed by atoms with E-state index in [1.54, 1.807) is 4.98 Å². The van der Waals surface area contributed by atoms with Crippen LogP contribution in [-0.2, 0) is 12.4 Å². The molecule has 0 radical (unpaired) electrons. The topological polar surface area (TPSA) is 15.8 Å². The Kier molecular flexibility index (Phi) is 2.05. The summed E-state index contributed by atoms with van der Waals surface area (Å²) in [6.45, 7) is 0. The Morgan fingerprint density at radius 2 is 1.08 bits per heavy atom. The molecule has 74 valence electrons. The fourth-order valence-corrected chi connectivity index (χ4v) is 0.833. The number of aromatic amines is 1. The maximum atomic E-state index is 11.9. The van der Waals surface area contributed by atoms with Gasteiger partial charge in [-0.3, -0.25) is 0 Å². The molecular weight excluding hydrogens is 200 g/mol. The van der Waals surface area contributed by atoms with Gasteiger partial charge in [0.1, 0.15) is 0 Å². The highest BCUT2D eigenvalue weighted by Crippen LogP contribution is 2.39. The van der Waals surface area contributed by atoms with Crippen molar-refractivity contribution in [2.45, 2.75) is 12.4 Å². The van der Waals surface area contributed by atoms with Crippen LogP contribution in [0.2, 0.25) is 0 Å². The molecule has 1 nitrogen and oxygen atoms in total. The van der Waals surface area contributed by atoms with Gasteiger partial charge in [-0.1, -0.05) is 0 Å². The quantitative estimate of drug-likeness (QED) is 0.623. The molecule has 7 heteroatoms. The minimum absolute atomic E-state index is 0.281. The lowest BCUT2D eigenvalue weighted by Gasteiger charge is -2.09. The molecule has 0 aromatic carbocycles. The zero-order valence-corrected chi connectivity index (χ0v) is 5.92. The fourth-order valence-electron chi connectivity index (χ4n) is 0.833. The second-order valence-corrected chi connectivity index (χ2v) is 2.28. The van der Waals surface area contributed by atoms with E-state index in [4.69, 9.17) is 0 Å². The SMILES string of the molecule is FC(F)(F)c1c[nH]cc1C(F)(F)F. The van der Waals surface area contributed by atoms with Gasteiger partial charge in [-0.05, 0) is 0 Å². The van der Waals surface area contributed by atoms with Gasteiger partial charge in [0.15, 0.2) is 0 Å². The van der Waals surface area contributed by atoms with Gasteiger partial charge in [-0.25, -0.2) is 0 Å². The molecule has 0 amide bonds. The Morgan fingerprint density at radius 3 is 1.31 bits per heavy atom. The summed E-state index contributed by atoms with van der Waals surface area (Å²) < 4.78 is 71.4. The monoisotopic (exact) mass is 203 g/mol. The van der Waals surface area contributed by atoms with Crippen molar-refractivity contribution in [1.29, 1.82) is 0 Å². The number of hydrogen-bond donors (Lipinski definition) is 1. The molecular formula is C6H3F6N. The molecule has 1 heterocycles. The van der Waals surface area contributed by atoms with Crippen LogP contribution in [0.4, 0.5) is 26.3 Å². The summed E-state index contributed by atoms with van der Waals surface area (Å²) in [4.78, 5) is 1.77. The highest BCUT2D eigenvalue weighted by Gasteiger charge is 2.43. The van der Waals surface area contributed by atoms with Gasteiger partial charge < -0.3 is 4.98 Å². The molecule has 0 saturated carbocycles. The van der Waals surface area contributed by atoms with Crippen LogP contribution in [-0.4, -0.2) is 4.98 Å². The molecule has 0 saturated heterocycles. The van der Waals surface area contributed by atoms with Crippen LogP contribution >= 0.6 is 0 Å². The lowest BCUT2D eigenvalue weighted by atomic mass is 10.2. The minimum atomic E-state index is -4.98. The third kappa shape index (κ3) is 1.96. The molecule has 0 aliphatic heterocycles. The Bertz CT molecular complexity index is 264. The number of aromatic nitrogens is 1. The highest BCUT2D eigenvalue weighted by molar-refractivity contribution is 5.28. The summed E-state index contributed by atoms with van der Waals surface area (Å²) >= 11 is 0. The molecule has 0 atom stereocenters. The number of nitrogens with one attached hydrogen (secondary N) is 1. The second-order valence-electron chi connectivity index (χ2n) is 2.28. The van der Waals surface area contributed by atoms with Crippen LogP contribution in [0.1, 0.15) is 11.1 Å². The van der Waals surface area contributed by atoms with Crippen molar-refractivity contribution in [3.63, 3.8) is 0 Å². The summed E-state index contributed by atoms with van der Waals surface area (Å²) in [6, 6.07) is 0. The Labute approximate surface area is 68.4 Å². The number of alkyl halides is 6. The average molecular weight is 203 g/mol. The van der Waals surface area contributed by atoms with Gasteiger partial charge in [0.2, 0.25) is 0 Å². The number of H-pyrrole nitrogens is 1. The smallest absolute Gasteiger partial charge is 0.366 e. The Hall–Kier alpha value is -1.14. The van der Waals surface area contributed by atoms with Crippen LogP contribution in [0.15, 0.2) is 12.4 Å². The van der Waals surface area contributed by atoms with Crippen LogP contribution in [0.5, 0.6) is 0 Å². The van der Waals surface area contributed by atoms with Crippen molar-refractivity contribution in [3.8, 4) is 0 Å². The van der Waals surface area contributed by atoms with E-state index in [-0.39, 0.29) is 12.4 Å². The molecule has 0 unspecified atom stereocenters. The fraction of sp³-hybridized carbons (Fsp3) is 0.333. The first-order valence-corrected chi connectivity index (χ1v) is 3.04. The van der Waals surface area contributed by atoms with Crippen LogP contribution in [0.3, 0.4) is 0 Å². The third-order valence-corrected chi connectivity index (χ3v) is 1.36. The van der Waals surface area contributed by atoms with Crippen molar-refractivity contribution in [3.05, 3.63) is 23.5 Å². The van der Waals surface area contributed by atoms with Gasteiger partial charge in [-0.15, -0.1) is 0 Å². The van der Waals surface area contributed by atoms with E-state index >= 15 is 0 Å². The number of hydrogen-bond acceptors (Lipinski definition) is 0. The zero-order chi connectivity index (χ0) is 10.3. The van der Waals surface area contributed by atoms with Gasteiger partial charge in [0.05, 0.1) is 11.1 Å². The lowest BCUT2D eigenvalue weighted by molar-refractivity contribution is -0.161. The van der Waals surface area contributed by atoms with Crippen molar-refractivity contribution in [2.75, 3.05) is 0 Å². The molecule has 1 aromatic heterocycles. The Morgan fingerprint density at radius 1 is 0.769 bits per heavy atom. The van der Waals surface area contributed by atoms with Crippen molar-refractivity contribution in [2.24, 2.45) is 0 Å². The maximum Gasteiger partial charge on any atom is 0.418 e. The van der Waals surface area contributed by atoms with E-state index in [2.05, 4.69) is 0 Å². The molecule has 1 N–H and O–H groups in total. The van der Waals surface area contributed by atoms with Crippen molar-refractivity contribution >= 4 is 0 Å². The van der Waals surface area contributed by atoms with E-state index in [1.807, 2.05) is 0 Å². The molecule has 0 spiro atoms. The standard InChI is InChI=1S/C6H3F6N/c7-5(8,9)3-1-13-2-4(3)6(10,11)12/h1-2,13H. The van der Waals surface area contributed by atoms with Crippen LogP contribution < -0.4 is 0 Å². The molecule has 0 bridgehead atoms. The molecule has 1 rings (SSSR count). The highest BCUT2D eigenvalue weighted by atomic mass is 19.4. The maximum absolute atomic E-state index is 11.9.